The molecule has 0 bridgehead atoms. The van der Waals surface area contributed by atoms with E-state index in [2.05, 4.69) is 27.9 Å². The number of urea groups is 1. The molecule has 0 radical (unpaired) electrons. The Morgan fingerprint density at radius 1 is 1.50 bits per heavy atom. The molecule has 108 valence electrons. The predicted octanol–water partition coefficient (Wildman–Crippen LogP) is 2.26. The highest BCUT2D eigenvalue weighted by molar-refractivity contribution is 14.1. The van der Waals surface area contributed by atoms with Crippen molar-refractivity contribution >= 4 is 51.9 Å². The van der Waals surface area contributed by atoms with Gasteiger partial charge in [-0.15, -0.1) is 0 Å². The van der Waals surface area contributed by atoms with Gasteiger partial charge in [-0.3, -0.25) is 0 Å². The number of hydrogen-bond donors (Lipinski definition) is 2. The number of carboxylic acid groups (broad SMARTS) is 1. The quantitative estimate of drug-likeness (QED) is 0.733. The maximum absolute atomic E-state index is 12.1. The van der Waals surface area contributed by atoms with E-state index in [-0.39, 0.29) is 19.2 Å². The maximum Gasteiger partial charge on any atom is 0.334 e. The van der Waals surface area contributed by atoms with Gasteiger partial charge in [0.25, 0.3) is 0 Å². The maximum atomic E-state index is 12.1. The number of carbonyl (C=O) groups excluding carboxylic acids is 1. The van der Waals surface area contributed by atoms with Gasteiger partial charge in [-0.25, -0.2) is 9.59 Å². The number of rotatable bonds is 2. The van der Waals surface area contributed by atoms with Gasteiger partial charge in [0.15, 0.2) is 6.10 Å². The molecule has 1 aromatic rings. The molecule has 1 aromatic carbocycles. The molecule has 1 unspecified atom stereocenters. The summed E-state index contributed by atoms with van der Waals surface area (Å²) in [5.41, 5.74) is 0.496. The minimum atomic E-state index is -1.07. The zero-order valence-electron chi connectivity index (χ0n) is 10.3. The van der Waals surface area contributed by atoms with Crippen LogP contribution < -0.4 is 5.32 Å². The van der Waals surface area contributed by atoms with Crippen molar-refractivity contribution in [3.63, 3.8) is 0 Å². The molecule has 1 atom stereocenters. The van der Waals surface area contributed by atoms with Crippen molar-refractivity contribution in [2.24, 2.45) is 0 Å². The van der Waals surface area contributed by atoms with Crippen molar-refractivity contribution in [3.8, 4) is 0 Å². The fourth-order valence-corrected chi connectivity index (χ4v) is 2.67. The normalized spacial score (nSPS) is 18.7. The number of halogens is 2. The minimum absolute atomic E-state index is 0.0170. The van der Waals surface area contributed by atoms with E-state index in [1.54, 1.807) is 12.1 Å². The van der Waals surface area contributed by atoms with Crippen molar-refractivity contribution in [1.29, 1.82) is 0 Å². The molecule has 8 heteroatoms. The summed E-state index contributed by atoms with van der Waals surface area (Å²) in [6, 6.07) is 4.87. The molecule has 1 heterocycles. The average molecular weight is 411 g/mol. The van der Waals surface area contributed by atoms with Crippen molar-refractivity contribution < 1.29 is 19.4 Å². The molecule has 2 N–H and O–H groups in total. The van der Waals surface area contributed by atoms with E-state index in [1.165, 1.54) is 4.90 Å². The van der Waals surface area contributed by atoms with Crippen molar-refractivity contribution in [1.82, 2.24) is 4.90 Å². The first-order chi connectivity index (χ1) is 9.47. The van der Waals surface area contributed by atoms with Gasteiger partial charge in [0.2, 0.25) is 0 Å². The molecule has 0 saturated carbocycles. The lowest BCUT2D eigenvalue weighted by Gasteiger charge is -2.30. The van der Waals surface area contributed by atoms with Gasteiger partial charge in [0.1, 0.15) is 0 Å². The molecule has 2 amide bonds. The molecule has 0 aliphatic carbocycles. The fraction of sp³-hybridized carbons (Fsp3) is 0.333. The van der Waals surface area contributed by atoms with Crippen LogP contribution in [0.2, 0.25) is 5.02 Å². The molecule has 0 spiro atoms. The van der Waals surface area contributed by atoms with Crippen LogP contribution in [0.15, 0.2) is 18.2 Å². The lowest BCUT2D eigenvalue weighted by atomic mass is 10.3. The first-order valence-electron chi connectivity index (χ1n) is 5.83. The summed E-state index contributed by atoms with van der Waals surface area (Å²) >= 11 is 8.15. The second kappa shape index (κ2) is 6.59. The Labute approximate surface area is 134 Å². The Kier molecular flexibility index (Phi) is 5.06. The fourth-order valence-electron chi connectivity index (χ4n) is 1.77. The van der Waals surface area contributed by atoms with E-state index in [0.29, 0.717) is 17.3 Å². The Morgan fingerprint density at radius 2 is 2.25 bits per heavy atom. The van der Waals surface area contributed by atoms with E-state index in [1.807, 2.05) is 6.07 Å². The topological polar surface area (TPSA) is 78.9 Å². The number of benzene rings is 1. The number of aliphatic carboxylic acids is 1. The molecule has 20 heavy (non-hydrogen) atoms. The van der Waals surface area contributed by atoms with Gasteiger partial charge in [0, 0.05) is 10.1 Å². The molecule has 1 fully saturated rings. The van der Waals surface area contributed by atoms with Gasteiger partial charge >= 0.3 is 12.0 Å². The van der Waals surface area contributed by atoms with E-state index in [9.17, 15) is 9.59 Å². The van der Waals surface area contributed by atoms with Gasteiger partial charge in [0.05, 0.1) is 23.9 Å². The number of carboxylic acids is 1. The number of ether oxygens (including phenoxy) is 1. The van der Waals surface area contributed by atoms with Gasteiger partial charge < -0.3 is 20.1 Å². The van der Waals surface area contributed by atoms with Gasteiger partial charge in [-0.2, -0.15) is 0 Å². The van der Waals surface area contributed by atoms with Crippen LogP contribution in [-0.4, -0.2) is 47.8 Å². The number of nitrogens with one attached hydrogen (secondary N) is 1. The molecule has 2 rings (SSSR count). The van der Waals surface area contributed by atoms with Crippen LogP contribution in [0.5, 0.6) is 0 Å². The number of amides is 2. The second-order valence-electron chi connectivity index (χ2n) is 4.20. The standard InChI is InChI=1S/C12H12ClIN2O4/c13-8-5-7(14)1-2-9(8)15-12(19)16-3-4-20-10(6-16)11(17)18/h1-2,5,10H,3-4,6H2,(H,15,19)(H,17,18). The zero-order valence-corrected chi connectivity index (χ0v) is 13.2. The highest BCUT2D eigenvalue weighted by Gasteiger charge is 2.29. The van der Waals surface area contributed by atoms with Crippen molar-refractivity contribution in [3.05, 3.63) is 26.8 Å². The smallest absolute Gasteiger partial charge is 0.334 e. The number of nitrogens with zero attached hydrogens (tertiary/aromatic N) is 1. The SMILES string of the molecule is O=C(O)C1CN(C(=O)Nc2ccc(I)cc2Cl)CCO1. The molecular formula is C12H12ClIN2O4. The summed E-state index contributed by atoms with van der Waals surface area (Å²) < 4.78 is 6.02. The minimum Gasteiger partial charge on any atom is -0.479 e. The lowest BCUT2D eigenvalue weighted by molar-refractivity contribution is -0.154. The summed E-state index contributed by atoms with van der Waals surface area (Å²) in [6.45, 7) is 0.561. The summed E-state index contributed by atoms with van der Waals surface area (Å²) in [6.07, 6.45) is -0.985. The largest absolute Gasteiger partial charge is 0.479 e. The van der Waals surface area contributed by atoms with Crippen LogP contribution in [0.1, 0.15) is 0 Å². The first kappa shape index (κ1) is 15.3. The first-order valence-corrected chi connectivity index (χ1v) is 7.28. The van der Waals surface area contributed by atoms with E-state index in [0.717, 1.165) is 3.57 Å². The Balaban J connectivity index is 2.02. The van der Waals surface area contributed by atoms with E-state index < -0.39 is 12.1 Å². The third kappa shape index (κ3) is 3.74. The molecule has 1 aliphatic heterocycles. The summed E-state index contributed by atoms with van der Waals surface area (Å²) in [7, 11) is 0. The number of morpholine rings is 1. The molecule has 6 nitrogen and oxygen atoms in total. The Morgan fingerprint density at radius 3 is 2.90 bits per heavy atom. The second-order valence-corrected chi connectivity index (χ2v) is 5.85. The molecule has 0 aromatic heterocycles. The number of anilines is 1. The molecule has 1 saturated heterocycles. The van der Waals surface area contributed by atoms with E-state index in [4.69, 9.17) is 21.4 Å². The molecular weight excluding hydrogens is 398 g/mol. The predicted molar refractivity (Wildman–Crippen MR) is 82.1 cm³/mol. The van der Waals surface area contributed by atoms with Crippen molar-refractivity contribution in [2.75, 3.05) is 25.0 Å². The zero-order chi connectivity index (χ0) is 14.7. The number of hydrogen-bond acceptors (Lipinski definition) is 3. The molecule has 1 aliphatic rings. The highest BCUT2D eigenvalue weighted by atomic mass is 127. The third-order valence-electron chi connectivity index (χ3n) is 2.80. The summed E-state index contributed by atoms with van der Waals surface area (Å²) in [4.78, 5) is 24.3. The average Bonchev–Trinajstić information content (AvgIpc) is 2.42. The van der Waals surface area contributed by atoms with Gasteiger partial charge in [-0.1, -0.05) is 11.6 Å². The van der Waals surface area contributed by atoms with Gasteiger partial charge in [-0.05, 0) is 40.8 Å². The number of carbonyl (C=O) groups is 2. The van der Waals surface area contributed by atoms with Crippen LogP contribution in [-0.2, 0) is 9.53 Å². The summed E-state index contributed by atoms with van der Waals surface area (Å²) in [5, 5.41) is 12.0. The summed E-state index contributed by atoms with van der Waals surface area (Å²) in [5.74, 6) is -1.07. The van der Waals surface area contributed by atoms with Crippen LogP contribution in [0.25, 0.3) is 0 Å². The monoisotopic (exact) mass is 410 g/mol. The highest BCUT2D eigenvalue weighted by Crippen LogP contribution is 2.24. The van der Waals surface area contributed by atoms with Crippen LogP contribution >= 0.6 is 34.2 Å². The van der Waals surface area contributed by atoms with Crippen LogP contribution in [0, 0.1) is 3.57 Å². The van der Waals surface area contributed by atoms with Crippen molar-refractivity contribution in [2.45, 2.75) is 6.10 Å². The Bertz CT molecular complexity index is 540. The third-order valence-corrected chi connectivity index (χ3v) is 3.79. The lowest BCUT2D eigenvalue weighted by Crippen LogP contribution is -2.49. The Hall–Kier alpha value is -1.06. The van der Waals surface area contributed by atoms with Crippen LogP contribution in [0.4, 0.5) is 10.5 Å². The van der Waals surface area contributed by atoms with Crippen LogP contribution in [0.3, 0.4) is 0 Å². The van der Waals surface area contributed by atoms with E-state index >= 15 is 0 Å².